The molecule has 0 saturated carbocycles. The lowest BCUT2D eigenvalue weighted by Crippen LogP contribution is -1.65. The van der Waals surface area contributed by atoms with Crippen LogP contribution >= 0.6 is 15.9 Å². The molecule has 0 bridgehead atoms. The standard InChI is InChI=1S/C4H7O3P.HO3P/c1-2-3-4-8(5,6)7;1-4(2)3/h2-4H,1H2,(H2,5,6,7);(H-,1,2,3)/p+1. The highest BCUT2D eigenvalue weighted by Crippen LogP contribution is 2.35. The first-order valence-corrected chi connectivity index (χ1v) is 5.34. The van der Waals surface area contributed by atoms with Crippen LogP contribution in [0.4, 0.5) is 0 Å². The molecule has 0 aromatic rings. The fraction of sp³-hybridized carbons (Fsp3) is 0. The van der Waals surface area contributed by atoms with Crippen molar-refractivity contribution in [3.05, 3.63) is 24.5 Å². The molecule has 0 aliphatic rings. The Kier molecular flexibility index (Phi) is 8.64. The summed E-state index contributed by atoms with van der Waals surface area (Å²) in [5.41, 5.74) is 0. The Balaban J connectivity index is 0. The van der Waals surface area contributed by atoms with Gasteiger partial charge in [0.25, 0.3) is 0 Å². The SMILES string of the molecule is C=CC=CP(=O)(O)O.O=[P+](O)O. The van der Waals surface area contributed by atoms with Crippen molar-refractivity contribution in [1.29, 1.82) is 0 Å². The zero-order valence-electron chi connectivity index (χ0n) is 5.94. The highest BCUT2D eigenvalue weighted by Gasteiger charge is 2.02. The molecule has 0 aromatic carbocycles. The number of allylic oxidation sites excluding steroid dienone is 2. The first-order valence-electron chi connectivity index (χ1n) is 2.50. The van der Waals surface area contributed by atoms with E-state index >= 15 is 0 Å². The summed E-state index contributed by atoms with van der Waals surface area (Å²) in [5.74, 6) is 0.792. The summed E-state index contributed by atoms with van der Waals surface area (Å²) in [4.78, 5) is 30.5. The molecule has 6 nitrogen and oxygen atoms in total. The third-order valence-electron chi connectivity index (χ3n) is 0.416. The van der Waals surface area contributed by atoms with E-state index < -0.39 is 15.9 Å². The van der Waals surface area contributed by atoms with Gasteiger partial charge in [-0.1, -0.05) is 18.7 Å². The Morgan fingerprint density at radius 2 is 1.67 bits per heavy atom. The topological polar surface area (TPSA) is 115 Å². The molecule has 0 unspecified atom stereocenters. The van der Waals surface area contributed by atoms with Gasteiger partial charge >= 0.3 is 15.9 Å². The van der Waals surface area contributed by atoms with Crippen molar-refractivity contribution < 1.29 is 28.7 Å². The zero-order chi connectivity index (χ0) is 10.2. The van der Waals surface area contributed by atoms with Crippen LogP contribution in [0, 0.1) is 0 Å². The van der Waals surface area contributed by atoms with Crippen molar-refractivity contribution in [3.63, 3.8) is 0 Å². The van der Waals surface area contributed by atoms with Gasteiger partial charge in [0.2, 0.25) is 0 Å². The molecular weight excluding hydrogens is 206 g/mol. The van der Waals surface area contributed by atoms with Crippen molar-refractivity contribution >= 4 is 15.9 Å². The molecular formula is C4H9O6P2+. The van der Waals surface area contributed by atoms with Gasteiger partial charge in [-0.05, 0) is 0 Å². The summed E-state index contributed by atoms with van der Waals surface area (Å²) >= 11 is 0. The molecule has 0 amide bonds. The van der Waals surface area contributed by atoms with Crippen LogP contribution in [-0.2, 0) is 9.13 Å². The van der Waals surface area contributed by atoms with Gasteiger partial charge in [0.05, 0.1) is 0 Å². The predicted octanol–water partition coefficient (Wildman–Crippen LogP) is 0.492. The maximum absolute atomic E-state index is 9.95. The largest absolute Gasteiger partial charge is 0.692 e. The molecule has 0 heterocycles. The van der Waals surface area contributed by atoms with Gasteiger partial charge in [-0.15, -0.1) is 9.79 Å². The van der Waals surface area contributed by atoms with E-state index in [1.54, 1.807) is 0 Å². The second kappa shape index (κ2) is 7.31. The van der Waals surface area contributed by atoms with E-state index in [4.69, 9.17) is 24.1 Å². The van der Waals surface area contributed by atoms with Crippen LogP contribution in [-0.4, -0.2) is 19.6 Å². The second-order valence-corrected chi connectivity index (χ2v) is 3.40. The van der Waals surface area contributed by atoms with Crippen molar-refractivity contribution in [3.8, 4) is 0 Å². The summed E-state index contributed by atoms with van der Waals surface area (Å²) in [6, 6.07) is 0. The van der Waals surface area contributed by atoms with Gasteiger partial charge in [0.15, 0.2) is 0 Å². The molecule has 0 rings (SSSR count). The van der Waals surface area contributed by atoms with E-state index in [-0.39, 0.29) is 0 Å². The average Bonchev–Trinajstić information content (AvgIpc) is 1.80. The molecule has 0 aliphatic heterocycles. The lowest BCUT2D eigenvalue weighted by atomic mass is 10.6. The van der Waals surface area contributed by atoms with Crippen LogP contribution in [0.2, 0.25) is 0 Å². The highest BCUT2D eigenvalue weighted by molar-refractivity contribution is 7.55. The first-order chi connectivity index (χ1) is 5.29. The first kappa shape index (κ1) is 14.2. The van der Waals surface area contributed by atoms with Gasteiger partial charge in [0, 0.05) is 10.4 Å². The average molecular weight is 215 g/mol. The van der Waals surface area contributed by atoms with Gasteiger partial charge in [-0.25, -0.2) is 0 Å². The van der Waals surface area contributed by atoms with E-state index in [0.29, 0.717) is 0 Å². The lowest BCUT2D eigenvalue weighted by Gasteiger charge is -1.89. The molecule has 0 fully saturated rings. The van der Waals surface area contributed by atoms with Gasteiger partial charge < -0.3 is 9.79 Å². The molecule has 0 atom stereocenters. The van der Waals surface area contributed by atoms with Gasteiger partial charge in [0.1, 0.15) is 0 Å². The number of hydrogen-bond acceptors (Lipinski definition) is 2. The minimum atomic E-state index is -3.93. The van der Waals surface area contributed by atoms with E-state index in [1.165, 1.54) is 12.2 Å². The van der Waals surface area contributed by atoms with Crippen LogP contribution < -0.4 is 0 Å². The molecule has 0 radical (unpaired) electrons. The van der Waals surface area contributed by atoms with Crippen molar-refractivity contribution in [2.75, 3.05) is 0 Å². The highest BCUT2D eigenvalue weighted by atomic mass is 31.2. The fourth-order valence-electron chi connectivity index (χ4n) is 0.173. The summed E-state index contributed by atoms with van der Waals surface area (Å²) in [6.07, 6.45) is 2.51. The van der Waals surface area contributed by atoms with Gasteiger partial charge in [-0.2, -0.15) is 0 Å². The van der Waals surface area contributed by atoms with E-state index in [9.17, 15) is 4.57 Å². The van der Waals surface area contributed by atoms with Crippen LogP contribution in [0.15, 0.2) is 24.5 Å². The van der Waals surface area contributed by atoms with Crippen molar-refractivity contribution in [2.24, 2.45) is 0 Å². The molecule has 0 aromatic heterocycles. The number of rotatable bonds is 2. The van der Waals surface area contributed by atoms with Crippen LogP contribution in [0.5, 0.6) is 0 Å². The maximum Gasteiger partial charge on any atom is 0.692 e. The van der Waals surface area contributed by atoms with E-state index in [2.05, 4.69) is 6.58 Å². The third kappa shape index (κ3) is 33.4. The fourth-order valence-corrected chi connectivity index (χ4v) is 0.519. The molecule has 70 valence electrons. The van der Waals surface area contributed by atoms with Crippen LogP contribution in [0.25, 0.3) is 0 Å². The molecule has 0 spiro atoms. The zero-order valence-corrected chi connectivity index (χ0v) is 7.73. The monoisotopic (exact) mass is 215 g/mol. The molecule has 0 saturated heterocycles. The van der Waals surface area contributed by atoms with Crippen LogP contribution in [0.3, 0.4) is 0 Å². The Morgan fingerprint density at radius 1 is 1.33 bits per heavy atom. The van der Waals surface area contributed by atoms with E-state index in [0.717, 1.165) is 5.82 Å². The Hall–Kier alpha value is -0.350. The third-order valence-corrected chi connectivity index (χ3v) is 0.977. The second-order valence-electron chi connectivity index (χ2n) is 1.42. The molecule has 12 heavy (non-hydrogen) atoms. The minimum absolute atomic E-state index is 0.792. The molecule has 0 aliphatic carbocycles. The quantitative estimate of drug-likeness (QED) is 0.393. The predicted molar refractivity (Wildman–Crippen MR) is 43.4 cm³/mol. The summed E-state index contributed by atoms with van der Waals surface area (Å²) < 4.78 is 18.7. The Morgan fingerprint density at radius 3 is 1.75 bits per heavy atom. The minimum Gasteiger partial charge on any atom is -0.321 e. The lowest BCUT2D eigenvalue weighted by molar-refractivity contribution is 0.386. The van der Waals surface area contributed by atoms with Gasteiger partial charge in [-0.3, -0.25) is 4.57 Å². The van der Waals surface area contributed by atoms with Crippen molar-refractivity contribution in [1.82, 2.24) is 0 Å². The Labute approximate surface area is 70.0 Å². The Bertz CT molecular complexity index is 212. The van der Waals surface area contributed by atoms with Crippen molar-refractivity contribution in [2.45, 2.75) is 0 Å². The maximum atomic E-state index is 9.95. The summed E-state index contributed by atoms with van der Waals surface area (Å²) in [7, 11) is -6.80. The normalized spacial score (nSPS) is 10.3. The smallest absolute Gasteiger partial charge is 0.321 e. The van der Waals surface area contributed by atoms with Crippen LogP contribution in [0.1, 0.15) is 0 Å². The summed E-state index contributed by atoms with van der Waals surface area (Å²) in [6.45, 7) is 3.23. The molecule has 4 N–H and O–H groups in total. The van der Waals surface area contributed by atoms with E-state index in [1.807, 2.05) is 0 Å². The summed E-state index contributed by atoms with van der Waals surface area (Å²) in [5, 5.41) is 0. The molecule has 8 heteroatoms. The number of hydrogen-bond donors (Lipinski definition) is 4.